The number of ether oxygens (including phenoxy) is 1. The molecule has 26 heavy (non-hydrogen) atoms. The highest BCUT2D eigenvalue weighted by atomic mass is 32.2. The minimum absolute atomic E-state index is 0.0537. The van der Waals surface area contributed by atoms with Gasteiger partial charge in [0.1, 0.15) is 6.29 Å². The molecule has 0 radical (unpaired) electrons. The van der Waals surface area contributed by atoms with Gasteiger partial charge in [-0.3, -0.25) is 14.3 Å². The lowest BCUT2D eigenvalue weighted by Gasteiger charge is -2.18. The highest BCUT2D eigenvalue weighted by Crippen LogP contribution is 2.31. The molecule has 1 aliphatic rings. The third kappa shape index (κ3) is 5.26. The molecule has 0 aliphatic carbocycles. The quantitative estimate of drug-likeness (QED) is 0.514. The van der Waals surface area contributed by atoms with Crippen molar-refractivity contribution in [3.05, 3.63) is 30.3 Å². The summed E-state index contributed by atoms with van der Waals surface area (Å²) < 4.78 is 41.4. The van der Waals surface area contributed by atoms with Crippen molar-refractivity contribution in [3.8, 4) is 0 Å². The number of likely N-dealkylation sites (N-methyl/N-ethyl adjacent to an activating group) is 1. The third-order valence-electron chi connectivity index (χ3n) is 3.23. The van der Waals surface area contributed by atoms with Crippen LogP contribution in [0.15, 0.2) is 40.4 Å². The maximum Gasteiger partial charge on any atom is 0.344 e. The van der Waals surface area contributed by atoms with Crippen LogP contribution in [0.5, 0.6) is 0 Å². The van der Waals surface area contributed by atoms with E-state index in [1.54, 1.807) is 18.2 Å². The van der Waals surface area contributed by atoms with Gasteiger partial charge in [-0.2, -0.15) is 0 Å². The van der Waals surface area contributed by atoms with Crippen molar-refractivity contribution < 1.29 is 37.2 Å². The Bertz CT molecular complexity index is 823. The Morgan fingerprint density at radius 1 is 1.38 bits per heavy atom. The second-order valence-corrected chi connectivity index (χ2v) is 8.94. The number of nitrogens with zero attached hydrogens (tertiary/aromatic N) is 2. The van der Waals surface area contributed by atoms with Crippen molar-refractivity contribution in [1.29, 1.82) is 0 Å². The Balaban J connectivity index is 1.97. The number of hydrogen-bond donors (Lipinski definition) is 3. The number of carbonyl (C=O) groups excluding carboxylic acids is 1. The summed E-state index contributed by atoms with van der Waals surface area (Å²) in [6.07, 6.45) is -1.04. The largest absolute Gasteiger partial charge is 0.476 e. The molecule has 1 atom stereocenters. The van der Waals surface area contributed by atoms with E-state index in [0.717, 1.165) is 5.06 Å². The minimum atomic E-state index is -4.35. The number of benzene rings is 1. The van der Waals surface area contributed by atoms with Crippen LogP contribution in [-0.4, -0.2) is 60.4 Å². The van der Waals surface area contributed by atoms with Crippen LogP contribution in [0, 0.1) is 0 Å². The lowest BCUT2D eigenvalue weighted by molar-refractivity contribution is -0.121. The van der Waals surface area contributed by atoms with Gasteiger partial charge in [0, 0.05) is 7.05 Å². The molecule has 11 nitrogen and oxygen atoms in total. The maximum atomic E-state index is 12.7. The van der Waals surface area contributed by atoms with Crippen LogP contribution >= 0.6 is 7.60 Å². The second kappa shape index (κ2) is 8.14. The Hall–Kier alpha value is -1.98. The van der Waals surface area contributed by atoms with E-state index in [-0.39, 0.29) is 23.8 Å². The molecular weight excluding hydrogens is 389 g/mol. The molecule has 1 unspecified atom stereocenters. The van der Waals surface area contributed by atoms with Crippen molar-refractivity contribution >= 4 is 29.2 Å². The molecule has 0 saturated carbocycles. The van der Waals surface area contributed by atoms with Crippen molar-refractivity contribution in [3.63, 3.8) is 0 Å². The fourth-order valence-electron chi connectivity index (χ4n) is 2.04. The molecular formula is C13H18N3O8PS. The van der Waals surface area contributed by atoms with Crippen LogP contribution in [-0.2, 0) is 28.9 Å². The van der Waals surface area contributed by atoms with E-state index in [4.69, 9.17) is 19.5 Å². The third-order valence-corrected chi connectivity index (χ3v) is 5.81. The lowest BCUT2D eigenvalue weighted by Crippen LogP contribution is -2.40. The molecule has 3 N–H and O–H groups in total. The number of oxime groups is 1. The van der Waals surface area contributed by atoms with Crippen molar-refractivity contribution in [2.45, 2.75) is 16.7 Å². The SMILES string of the molecule is CN1ON=C(OCCC(=O)NCP(=O)(O)O)C1S(=O)(=O)c1ccccc1. The molecule has 1 aromatic carbocycles. The Morgan fingerprint density at radius 3 is 2.65 bits per heavy atom. The number of amides is 1. The summed E-state index contributed by atoms with van der Waals surface area (Å²) in [5, 5.41) is 5.29. The van der Waals surface area contributed by atoms with Crippen molar-refractivity contribution in [1.82, 2.24) is 10.4 Å². The molecule has 2 rings (SSSR count). The van der Waals surface area contributed by atoms with Crippen LogP contribution in [0.2, 0.25) is 0 Å². The summed E-state index contributed by atoms with van der Waals surface area (Å²) in [5.74, 6) is -0.900. The lowest BCUT2D eigenvalue weighted by atomic mass is 10.4. The van der Waals surface area contributed by atoms with E-state index in [2.05, 4.69) is 5.16 Å². The Kier molecular flexibility index (Phi) is 6.37. The first-order valence-corrected chi connectivity index (χ1v) is 10.7. The molecule has 0 saturated heterocycles. The first kappa shape index (κ1) is 20.3. The number of sulfone groups is 1. The molecule has 13 heteroatoms. The zero-order valence-electron chi connectivity index (χ0n) is 13.7. The smallest absolute Gasteiger partial charge is 0.344 e. The van der Waals surface area contributed by atoms with Crippen LogP contribution in [0.1, 0.15) is 6.42 Å². The summed E-state index contributed by atoms with van der Waals surface area (Å²) in [6, 6.07) is 7.68. The average Bonchev–Trinajstić information content (AvgIpc) is 2.94. The van der Waals surface area contributed by atoms with Gasteiger partial charge >= 0.3 is 7.60 Å². The summed E-state index contributed by atoms with van der Waals surface area (Å²) in [6.45, 7) is -0.246. The zero-order valence-corrected chi connectivity index (χ0v) is 15.4. The molecule has 0 fully saturated rings. The van der Waals surface area contributed by atoms with Gasteiger partial charge in [-0.15, -0.1) is 0 Å². The summed E-state index contributed by atoms with van der Waals surface area (Å²) in [5.41, 5.74) is 0. The molecule has 0 aromatic heterocycles. The monoisotopic (exact) mass is 407 g/mol. The number of nitrogens with one attached hydrogen (secondary N) is 1. The number of hydrogen-bond acceptors (Lipinski definition) is 8. The number of rotatable bonds is 7. The first-order valence-electron chi connectivity index (χ1n) is 7.32. The maximum absolute atomic E-state index is 12.7. The summed E-state index contributed by atoms with van der Waals surface area (Å²) in [4.78, 5) is 33.8. The summed E-state index contributed by atoms with van der Waals surface area (Å²) in [7, 11) is -6.85. The van der Waals surface area contributed by atoms with E-state index in [9.17, 15) is 17.8 Å². The van der Waals surface area contributed by atoms with Gasteiger partial charge in [-0.05, 0) is 17.3 Å². The van der Waals surface area contributed by atoms with Crippen molar-refractivity contribution in [2.75, 3.05) is 19.9 Å². The predicted molar refractivity (Wildman–Crippen MR) is 89.3 cm³/mol. The molecule has 1 aliphatic heterocycles. The van der Waals surface area contributed by atoms with Crippen LogP contribution in [0.4, 0.5) is 0 Å². The standard InChI is InChI=1S/C13H18N3O8PS/c1-16-13(26(21,22)10-5-3-2-4-6-10)12(15-24-16)23-8-7-11(17)14-9-25(18,19)20/h2-6,13H,7-9H2,1H3,(H,14,17)(H2,18,19,20). The van der Waals surface area contributed by atoms with Gasteiger partial charge in [0.25, 0.3) is 5.90 Å². The normalized spacial score (nSPS) is 18.1. The number of hydroxylamine groups is 2. The summed E-state index contributed by atoms with van der Waals surface area (Å²) >= 11 is 0. The highest BCUT2D eigenvalue weighted by molar-refractivity contribution is 7.92. The van der Waals surface area contributed by atoms with Gasteiger partial charge in [0.2, 0.25) is 21.1 Å². The van der Waals surface area contributed by atoms with Gasteiger partial charge in [-0.1, -0.05) is 23.3 Å². The van der Waals surface area contributed by atoms with E-state index < -0.39 is 35.0 Å². The topological polar surface area (TPSA) is 155 Å². The number of carbonyl (C=O) groups is 1. The van der Waals surface area contributed by atoms with Crippen molar-refractivity contribution in [2.24, 2.45) is 5.16 Å². The molecule has 1 amide bonds. The van der Waals surface area contributed by atoms with Gasteiger partial charge in [-0.25, -0.2) is 8.42 Å². The Morgan fingerprint density at radius 2 is 2.04 bits per heavy atom. The molecule has 0 bridgehead atoms. The Labute approximate surface area is 149 Å². The molecule has 1 heterocycles. The first-order chi connectivity index (χ1) is 12.1. The second-order valence-electron chi connectivity index (χ2n) is 5.29. The minimum Gasteiger partial charge on any atom is -0.476 e. The van der Waals surface area contributed by atoms with Gasteiger partial charge in [0.05, 0.1) is 17.9 Å². The van der Waals surface area contributed by atoms with E-state index in [1.165, 1.54) is 19.2 Å². The predicted octanol–water partition coefficient (Wildman–Crippen LogP) is -0.365. The van der Waals surface area contributed by atoms with Crippen LogP contribution in [0.25, 0.3) is 0 Å². The molecule has 144 valence electrons. The molecule has 1 aromatic rings. The van der Waals surface area contributed by atoms with E-state index in [1.807, 2.05) is 5.32 Å². The average molecular weight is 407 g/mol. The fourth-order valence-corrected chi connectivity index (χ4v) is 4.02. The van der Waals surface area contributed by atoms with Crippen LogP contribution in [0.3, 0.4) is 0 Å². The highest BCUT2D eigenvalue weighted by Gasteiger charge is 2.43. The van der Waals surface area contributed by atoms with E-state index in [0.29, 0.717) is 0 Å². The van der Waals surface area contributed by atoms with Gasteiger partial charge in [0.15, 0.2) is 0 Å². The fraction of sp³-hybridized carbons (Fsp3) is 0.385. The zero-order chi connectivity index (χ0) is 19.4. The van der Waals surface area contributed by atoms with Crippen LogP contribution < -0.4 is 5.32 Å². The van der Waals surface area contributed by atoms with E-state index >= 15 is 0 Å². The molecule has 0 spiro atoms. The van der Waals surface area contributed by atoms with Gasteiger partial charge < -0.3 is 19.8 Å².